The first-order valence-corrected chi connectivity index (χ1v) is 6.28. The minimum atomic E-state index is -0.570. The molecule has 20 heavy (non-hydrogen) atoms. The third-order valence-corrected chi connectivity index (χ3v) is 2.39. The molecule has 0 aliphatic rings. The van der Waals surface area contributed by atoms with Crippen LogP contribution in [0.15, 0.2) is 18.2 Å². The van der Waals surface area contributed by atoms with Gasteiger partial charge in [0.1, 0.15) is 11.9 Å². The Balaban J connectivity index is 2.77. The summed E-state index contributed by atoms with van der Waals surface area (Å²) < 4.78 is 5.11. The van der Waals surface area contributed by atoms with Crippen LogP contribution in [0, 0.1) is 0 Å². The fourth-order valence-electron chi connectivity index (χ4n) is 1.58. The van der Waals surface area contributed by atoms with Gasteiger partial charge in [-0.25, -0.2) is 4.79 Å². The third-order valence-electron chi connectivity index (χ3n) is 2.39. The van der Waals surface area contributed by atoms with Gasteiger partial charge in [0.15, 0.2) is 5.78 Å². The van der Waals surface area contributed by atoms with E-state index >= 15 is 0 Å². The number of amides is 1. The van der Waals surface area contributed by atoms with Gasteiger partial charge in [0.05, 0.1) is 0 Å². The highest BCUT2D eigenvalue weighted by Crippen LogP contribution is 2.11. The summed E-state index contributed by atoms with van der Waals surface area (Å²) in [6, 6.07) is 4.79. The van der Waals surface area contributed by atoms with Crippen molar-refractivity contribution in [2.24, 2.45) is 0 Å². The molecule has 0 fully saturated rings. The molecule has 0 aromatic heterocycles. The molecule has 0 atom stereocenters. The van der Waals surface area contributed by atoms with E-state index in [9.17, 15) is 14.4 Å². The maximum atomic E-state index is 11.5. The SMILES string of the molecule is CC(=O)c1cc(C=O)cc(CNC(=O)OC(C)(C)C)c1. The molecule has 0 heterocycles. The normalized spacial score (nSPS) is 10.8. The Kier molecular flexibility index (Phi) is 5.02. The predicted molar refractivity (Wildman–Crippen MR) is 74.9 cm³/mol. The number of rotatable bonds is 4. The lowest BCUT2D eigenvalue weighted by molar-refractivity contribution is 0.0523. The molecule has 0 saturated carbocycles. The van der Waals surface area contributed by atoms with Crippen molar-refractivity contribution in [3.63, 3.8) is 0 Å². The molecular weight excluding hydrogens is 258 g/mol. The molecule has 0 radical (unpaired) electrons. The first-order valence-electron chi connectivity index (χ1n) is 6.28. The maximum absolute atomic E-state index is 11.5. The van der Waals surface area contributed by atoms with Crippen molar-refractivity contribution in [1.29, 1.82) is 0 Å². The van der Waals surface area contributed by atoms with E-state index in [0.717, 1.165) is 0 Å². The van der Waals surface area contributed by atoms with Crippen LogP contribution in [-0.2, 0) is 11.3 Å². The lowest BCUT2D eigenvalue weighted by Gasteiger charge is -2.19. The number of aldehydes is 1. The Bertz CT molecular complexity index is 529. The third kappa shape index (κ3) is 5.22. The molecule has 0 bridgehead atoms. The molecule has 1 aromatic carbocycles. The molecule has 108 valence electrons. The van der Waals surface area contributed by atoms with Gasteiger partial charge >= 0.3 is 6.09 Å². The zero-order chi connectivity index (χ0) is 15.3. The van der Waals surface area contributed by atoms with E-state index in [2.05, 4.69) is 5.32 Å². The molecule has 1 N–H and O–H groups in total. The molecule has 1 aromatic rings. The quantitative estimate of drug-likeness (QED) is 0.678. The van der Waals surface area contributed by atoms with Crippen LogP contribution in [0.1, 0.15) is 54.0 Å². The number of carbonyl (C=O) groups excluding carboxylic acids is 3. The largest absolute Gasteiger partial charge is 0.444 e. The van der Waals surface area contributed by atoms with E-state index in [4.69, 9.17) is 4.74 Å². The number of ketones is 1. The maximum Gasteiger partial charge on any atom is 0.407 e. The van der Waals surface area contributed by atoms with Gasteiger partial charge in [-0.15, -0.1) is 0 Å². The Hall–Kier alpha value is -2.17. The molecule has 5 nitrogen and oxygen atoms in total. The minimum absolute atomic E-state index is 0.132. The second-order valence-electron chi connectivity index (χ2n) is 5.49. The first-order chi connectivity index (χ1) is 9.21. The van der Waals surface area contributed by atoms with Crippen LogP contribution in [0.25, 0.3) is 0 Å². The average molecular weight is 277 g/mol. The topological polar surface area (TPSA) is 72.5 Å². The van der Waals surface area contributed by atoms with Crippen LogP contribution in [0.5, 0.6) is 0 Å². The highest BCUT2D eigenvalue weighted by molar-refractivity contribution is 5.95. The second kappa shape index (κ2) is 6.32. The van der Waals surface area contributed by atoms with Crippen LogP contribution in [0.2, 0.25) is 0 Å². The summed E-state index contributed by atoms with van der Waals surface area (Å²) in [7, 11) is 0. The van der Waals surface area contributed by atoms with Crippen molar-refractivity contribution in [3.8, 4) is 0 Å². The van der Waals surface area contributed by atoms with E-state index in [1.165, 1.54) is 13.0 Å². The summed E-state index contributed by atoms with van der Waals surface area (Å²) >= 11 is 0. The molecule has 1 amide bonds. The number of nitrogens with one attached hydrogen (secondary N) is 1. The molecule has 0 saturated heterocycles. The molecule has 0 spiro atoms. The summed E-state index contributed by atoms with van der Waals surface area (Å²) in [6.07, 6.45) is 0.127. The van der Waals surface area contributed by atoms with Crippen molar-refractivity contribution in [1.82, 2.24) is 5.32 Å². The molecule has 1 rings (SSSR count). The number of alkyl carbamates (subject to hydrolysis) is 1. The fraction of sp³-hybridized carbons (Fsp3) is 0.400. The van der Waals surface area contributed by atoms with Crippen LogP contribution in [0.3, 0.4) is 0 Å². The zero-order valence-corrected chi connectivity index (χ0v) is 12.1. The van der Waals surface area contributed by atoms with Gasteiger partial charge in [-0.1, -0.05) is 0 Å². The lowest BCUT2D eigenvalue weighted by atomic mass is 10.0. The summed E-state index contributed by atoms with van der Waals surface area (Å²) in [5, 5.41) is 2.58. The average Bonchev–Trinajstić information content (AvgIpc) is 2.33. The molecule has 5 heteroatoms. The second-order valence-corrected chi connectivity index (χ2v) is 5.49. The highest BCUT2D eigenvalue weighted by Gasteiger charge is 2.15. The number of ether oxygens (including phenoxy) is 1. The standard InChI is InChI=1S/C15H19NO4/c1-10(18)13-6-11(5-12(7-13)9-17)8-16-14(19)20-15(2,3)4/h5-7,9H,8H2,1-4H3,(H,16,19). The number of hydrogen-bond acceptors (Lipinski definition) is 4. The van der Waals surface area contributed by atoms with Gasteiger partial charge in [-0.3, -0.25) is 9.59 Å². The molecule has 0 aliphatic heterocycles. The van der Waals surface area contributed by atoms with Gasteiger partial charge < -0.3 is 10.1 Å². The van der Waals surface area contributed by atoms with E-state index in [1.54, 1.807) is 32.9 Å². The fourth-order valence-corrected chi connectivity index (χ4v) is 1.58. The van der Waals surface area contributed by atoms with Crippen molar-refractivity contribution in [3.05, 3.63) is 34.9 Å². The molecular formula is C15H19NO4. The van der Waals surface area contributed by atoms with Gasteiger partial charge in [0.25, 0.3) is 0 Å². The predicted octanol–water partition coefficient (Wildman–Crippen LogP) is 2.73. The number of Topliss-reactive ketones (excluding diaryl/α,β-unsaturated/α-hetero) is 1. The van der Waals surface area contributed by atoms with Crippen molar-refractivity contribution >= 4 is 18.2 Å². The van der Waals surface area contributed by atoms with Crippen LogP contribution >= 0.6 is 0 Å². The molecule has 0 aliphatic carbocycles. The highest BCUT2D eigenvalue weighted by atomic mass is 16.6. The van der Waals surface area contributed by atoms with Crippen molar-refractivity contribution in [2.75, 3.05) is 0 Å². The number of carbonyl (C=O) groups is 3. The van der Waals surface area contributed by atoms with E-state index in [0.29, 0.717) is 23.0 Å². The van der Waals surface area contributed by atoms with E-state index in [1.807, 2.05) is 0 Å². The monoisotopic (exact) mass is 277 g/mol. The van der Waals surface area contributed by atoms with Gasteiger partial charge in [0.2, 0.25) is 0 Å². The lowest BCUT2D eigenvalue weighted by Crippen LogP contribution is -2.32. The van der Waals surface area contributed by atoms with E-state index < -0.39 is 11.7 Å². The first kappa shape index (κ1) is 15.9. The van der Waals surface area contributed by atoms with Gasteiger partial charge in [0, 0.05) is 17.7 Å². The zero-order valence-electron chi connectivity index (χ0n) is 12.1. The number of benzene rings is 1. The van der Waals surface area contributed by atoms with Crippen LogP contribution in [-0.4, -0.2) is 23.8 Å². The van der Waals surface area contributed by atoms with Crippen molar-refractivity contribution in [2.45, 2.75) is 39.8 Å². The van der Waals surface area contributed by atoms with Crippen LogP contribution < -0.4 is 5.32 Å². The Morgan fingerprint density at radius 2 is 1.90 bits per heavy atom. The Morgan fingerprint density at radius 1 is 1.25 bits per heavy atom. The van der Waals surface area contributed by atoms with Gasteiger partial charge in [-0.05, 0) is 51.5 Å². The Morgan fingerprint density at radius 3 is 2.40 bits per heavy atom. The Labute approximate surface area is 118 Å². The summed E-state index contributed by atoms with van der Waals surface area (Å²) in [5.74, 6) is -0.132. The number of hydrogen-bond donors (Lipinski definition) is 1. The summed E-state index contributed by atoms with van der Waals surface area (Å²) in [4.78, 5) is 33.7. The summed E-state index contributed by atoms with van der Waals surface area (Å²) in [5.41, 5.74) is 0.944. The smallest absolute Gasteiger partial charge is 0.407 e. The van der Waals surface area contributed by atoms with Gasteiger partial charge in [-0.2, -0.15) is 0 Å². The van der Waals surface area contributed by atoms with Crippen molar-refractivity contribution < 1.29 is 19.1 Å². The minimum Gasteiger partial charge on any atom is -0.444 e. The van der Waals surface area contributed by atoms with E-state index in [-0.39, 0.29) is 12.3 Å². The molecule has 0 unspecified atom stereocenters. The van der Waals surface area contributed by atoms with Crippen LogP contribution in [0.4, 0.5) is 4.79 Å². The summed E-state index contributed by atoms with van der Waals surface area (Å²) in [6.45, 7) is 6.93.